The molecule has 2 aliphatic rings. The number of hydrogen-bond acceptors (Lipinski definition) is 3. The fourth-order valence-corrected chi connectivity index (χ4v) is 3.87. The normalized spacial score (nSPS) is 29.5. The largest absolute Gasteiger partial charge is 0.301 e. The highest BCUT2D eigenvalue weighted by molar-refractivity contribution is 4.88. The highest BCUT2D eigenvalue weighted by Crippen LogP contribution is 2.22. The van der Waals surface area contributed by atoms with E-state index in [1.54, 1.807) is 0 Å². The van der Waals surface area contributed by atoms with Crippen LogP contribution in [-0.4, -0.2) is 71.6 Å². The van der Waals surface area contributed by atoms with Gasteiger partial charge in [0.2, 0.25) is 0 Å². The van der Waals surface area contributed by atoms with Crippen molar-refractivity contribution >= 4 is 0 Å². The Hall–Kier alpha value is -0.120. The lowest BCUT2D eigenvalue weighted by Crippen LogP contribution is -2.58. The minimum atomic E-state index is 0.694. The molecule has 0 aromatic heterocycles. The third kappa shape index (κ3) is 3.71. The maximum Gasteiger partial charge on any atom is 0.0198 e. The molecule has 1 atom stereocenters. The number of likely N-dealkylation sites (tertiary alicyclic amines) is 1. The van der Waals surface area contributed by atoms with Crippen LogP contribution in [0.1, 0.15) is 47.5 Å². The maximum absolute atomic E-state index is 2.77. The van der Waals surface area contributed by atoms with Gasteiger partial charge in [-0.05, 0) is 60.5 Å². The molecule has 19 heavy (non-hydrogen) atoms. The standard InChI is InChI=1S/C16H33N3/c1-13(2)17-8-6-16(7-9-17)18-10-11-19(14(3)4)15(5)12-18/h13-16H,6-12H2,1-5H3/t15-/m0/s1. The highest BCUT2D eigenvalue weighted by atomic mass is 15.3. The molecule has 2 fully saturated rings. The van der Waals surface area contributed by atoms with Gasteiger partial charge in [-0.3, -0.25) is 9.80 Å². The Morgan fingerprint density at radius 3 is 1.95 bits per heavy atom. The second kappa shape index (κ2) is 6.55. The summed E-state index contributed by atoms with van der Waals surface area (Å²) in [6, 6.07) is 2.97. The van der Waals surface area contributed by atoms with E-state index in [2.05, 4.69) is 49.3 Å². The Bertz CT molecular complexity index is 269. The molecule has 112 valence electrons. The van der Waals surface area contributed by atoms with Crippen molar-refractivity contribution in [3.05, 3.63) is 0 Å². The smallest absolute Gasteiger partial charge is 0.0198 e. The quantitative estimate of drug-likeness (QED) is 0.777. The van der Waals surface area contributed by atoms with Crippen molar-refractivity contribution < 1.29 is 0 Å². The van der Waals surface area contributed by atoms with Gasteiger partial charge in [-0.2, -0.15) is 0 Å². The predicted octanol–water partition coefficient (Wildman–Crippen LogP) is 2.27. The van der Waals surface area contributed by atoms with Crippen molar-refractivity contribution in [2.75, 3.05) is 32.7 Å². The van der Waals surface area contributed by atoms with Crippen LogP contribution >= 0.6 is 0 Å². The lowest BCUT2D eigenvalue weighted by atomic mass is 9.99. The maximum atomic E-state index is 2.77. The minimum Gasteiger partial charge on any atom is -0.301 e. The van der Waals surface area contributed by atoms with Crippen LogP contribution in [0.4, 0.5) is 0 Å². The van der Waals surface area contributed by atoms with E-state index in [0.717, 1.165) is 18.1 Å². The van der Waals surface area contributed by atoms with Gasteiger partial charge in [0.1, 0.15) is 0 Å². The summed E-state index contributed by atoms with van der Waals surface area (Å²) < 4.78 is 0. The highest BCUT2D eigenvalue weighted by Gasteiger charge is 2.31. The number of rotatable bonds is 3. The van der Waals surface area contributed by atoms with Gasteiger partial charge in [0, 0.05) is 43.8 Å². The zero-order chi connectivity index (χ0) is 14.0. The summed E-state index contributed by atoms with van der Waals surface area (Å²) in [6.07, 6.45) is 2.74. The Balaban J connectivity index is 1.82. The molecule has 3 heteroatoms. The van der Waals surface area contributed by atoms with Crippen molar-refractivity contribution in [2.45, 2.75) is 71.6 Å². The van der Waals surface area contributed by atoms with Crippen molar-refractivity contribution in [3.63, 3.8) is 0 Å². The fourth-order valence-electron chi connectivity index (χ4n) is 3.87. The summed E-state index contributed by atoms with van der Waals surface area (Å²) in [5.41, 5.74) is 0. The number of hydrogen-bond donors (Lipinski definition) is 0. The van der Waals surface area contributed by atoms with Crippen LogP contribution < -0.4 is 0 Å². The average molecular weight is 267 g/mol. The van der Waals surface area contributed by atoms with Crippen LogP contribution in [0.15, 0.2) is 0 Å². The number of piperidine rings is 1. The summed E-state index contributed by atoms with van der Waals surface area (Å²) in [7, 11) is 0. The first-order valence-electron chi connectivity index (χ1n) is 8.23. The van der Waals surface area contributed by atoms with E-state index in [1.165, 1.54) is 45.6 Å². The number of nitrogens with zero attached hydrogens (tertiary/aromatic N) is 3. The first-order valence-corrected chi connectivity index (χ1v) is 8.23. The molecule has 3 nitrogen and oxygen atoms in total. The molecule has 2 aliphatic heterocycles. The molecule has 2 saturated heterocycles. The Kier molecular flexibility index (Phi) is 5.27. The monoisotopic (exact) mass is 267 g/mol. The first kappa shape index (κ1) is 15.3. The van der Waals surface area contributed by atoms with E-state index in [4.69, 9.17) is 0 Å². The summed E-state index contributed by atoms with van der Waals surface area (Å²) in [5.74, 6) is 0. The molecule has 0 saturated carbocycles. The molecule has 0 aliphatic carbocycles. The van der Waals surface area contributed by atoms with Crippen molar-refractivity contribution in [3.8, 4) is 0 Å². The zero-order valence-electron chi connectivity index (χ0n) is 13.6. The summed E-state index contributed by atoms with van der Waals surface area (Å²) in [5, 5.41) is 0. The van der Waals surface area contributed by atoms with Crippen LogP contribution in [0, 0.1) is 0 Å². The lowest BCUT2D eigenvalue weighted by molar-refractivity contribution is 0.0138. The van der Waals surface area contributed by atoms with Gasteiger partial charge in [-0.15, -0.1) is 0 Å². The molecule has 2 heterocycles. The zero-order valence-corrected chi connectivity index (χ0v) is 13.6. The molecule has 0 amide bonds. The van der Waals surface area contributed by atoms with Crippen LogP contribution in [0.3, 0.4) is 0 Å². The first-order chi connectivity index (χ1) is 8.99. The van der Waals surface area contributed by atoms with E-state index in [1.807, 2.05) is 0 Å². The summed E-state index contributed by atoms with van der Waals surface area (Å²) in [4.78, 5) is 8.05. The molecular formula is C16H33N3. The molecule has 0 bridgehead atoms. The second-order valence-corrected chi connectivity index (χ2v) is 7.04. The van der Waals surface area contributed by atoms with E-state index in [-0.39, 0.29) is 0 Å². The Morgan fingerprint density at radius 2 is 1.47 bits per heavy atom. The summed E-state index contributed by atoms with van der Waals surface area (Å²) >= 11 is 0. The second-order valence-electron chi connectivity index (χ2n) is 7.04. The minimum absolute atomic E-state index is 0.694. The Morgan fingerprint density at radius 1 is 0.842 bits per heavy atom. The SMILES string of the molecule is CC(C)N1CCC(N2CCN(C(C)C)[C@@H](C)C2)CC1. The fraction of sp³-hybridized carbons (Fsp3) is 1.00. The third-order valence-electron chi connectivity index (χ3n) is 5.12. The molecule has 0 radical (unpaired) electrons. The molecule has 0 N–H and O–H groups in total. The van der Waals surface area contributed by atoms with Crippen molar-refractivity contribution in [1.29, 1.82) is 0 Å². The van der Waals surface area contributed by atoms with Gasteiger partial charge in [-0.25, -0.2) is 0 Å². The van der Waals surface area contributed by atoms with Gasteiger partial charge in [0.25, 0.3) is 0 Å². The van der Waals surface area contributed by atoms with Crippen molar-refractivity contribution in [2.24, 2.45) is 0 Å². The van der Waals surface area contributed by atoms with E-state index >= 15 is 0 Å². The predicted molar refractivity (Wildman–Crippen MR) is 82.6 cm³/mol. The summed E-state index contributed by atoms with van der Waals surface area (Å²) in [6.45, 7) is 18.1. The molecule has 2 rings (SSSR count). The van der Waals surface area contributed by atoms with Gasteiger partial charge >= 0.3 is 0 Å². The van der Waals surface area contributed by atoms with Gasteiger partial charge in [0.05, 0.1) is 0 Å². The van der Waals surface area contributed by atoms with Crippen LogP contribution in [0.25, 0.3) is 0 Å². The molecule has 0 aromatic rings. The van der Waals surface area contributed by atoms with Crippen LogP contribution in [0.5, 0.6) is 0 Å². The molecule has 0 spiro atoms. The van der Waals surface area contributed by atoms with E-state index in [0.29, 0.717) is 6.04 Å². The van der Waals surface area contributed by atoms with Gasteiger partial charge in [0.15, 0.2) is 0 Å². The molecule has 0 aromatic carbocycles. The topological polar surface area (TPSA) is 9.72 Å². The van der Waals surface area contributed by atoms with Gasteiger partial charge in [-0.1, -0.05) is 0 Å². The van der Waals surface area contributed by atoms with Crippen LogP contribution in [0.2, 0.25) is 0 Å². The molecule has 0 unspecified atom stereocenters. The number of piperazine rings is 1. The van der Waals surface area contributed by atoms with Gasteiger partial charge < -0.3 is 4.90 Å². The van der Waals surface area contributed by atoms with E-state index < -0.39 is 0 Å². The Labute approximate surface area is 119 Å². The lowest BCUT2D eigenvalue weighted by Gasteiger charge is -2.47. The van der Waals surface area contributed by atoms with Crippen molar-refractivity contribution in [1.82, 2.24) is 14.7 Å². The third-order valence-corrected chi connectivity index (χ3v) is 5.12. The van der Waals surface area contributed by atoms with E-state index in [9.17, 15) is 0 Å². The molecular weight excluding hydrogens is 234 g/mol. The van der Waals surface area contributed by atoms with Crippen LogP contribution in [-0.2, 0) is 0 Å². The average Bonchev–Trinajstić information content (AvgIpc) is 2.38.